The Morgan fingerprint density at radius 3 is 2.67 bits per heavy atom. The number of nitrogens with zero attached hydrogens (tertiary/aromatic N) is 2. The van der Waals surface area contributed by atoms with Gasteiger partial charge in [0.25, 0.3) is 0 Å². The van der Waals surface area contributed by atoms with Gasteiger partial charge in [0, 0.05) is 6.54 Å². The molecule has 1 heterocycles. The molecule has 0 atom stereocenters. The van der Waals surface area contributed by atoms with Gasteiger partial charge in [0.2, 0.25) is 0 Å². The average Bonchev–Trinajstić information content (AvgIpc) is 2.37. The molecule has 18 heavy (non-hydrogen) atoms. The van der Waals surface area contributed by atoms with Crippen molar-refractivity contribution in [2.24, 2.45) is 0 Å². The van der Waals surface area contributed by atoms with Gasteiger partial charge in [-0.05, 0) is 24.1 Å². The number of aromatic nitrogens is 2. The van der Waals surface area contributed by atoms with E-state index in [-0.39, 0.29) is 11.0 Å². The average molecular weight is 267 g/mol. The smallest absolute Gasteiger partial charge is 0.157 e. The summed E-state index contributed by atoms with van der Waals surface area (Å²) in [6.45, 7) is 0.628. The first-order valence-corrected chi connectivity index (χ1v) is 5.79. The fourth-order valence-corrected chi connectivity index (χ4v) is 1.62. The highest BCUT2D eigenvalue weighted by molar-refractivity contribution is 6.32. The Hall–Kier alpha value is -1.88. The number of hydrogen-bond acceptors (Lipinski definition) is 4. The maximum atomic E-state index is 12.7. The van der Waals surface area contributed by atoms with Gasteiger partial charge in [-0.1, -0.05) is 23.7 Å². The molecule has 0 bridgehead atoms. The van der Waals surface area contributed by atoms with Crippen LogP contribution in [0.15, 0.2) is 30.6 Å². The van der Waals surface area contributed by atoms with Crippen molar-refractivity contribution in [3.05, 3.63) is 47.1 Å². The third kappa shape index (κ3) is 3.07. The zero-order valence-electron chi connectivity index (χ0n) is 9.53. The molecule has 6 heteroatoms. The SMILES string of the molecule is Nc1c(Cl)ncnc1NCCc1ccc(F)cc1. The number of rotatable bonds is 4. The Morgan fingerprint density at radius 1 is 1.22 bits per heavy atom. The number of nitrogens with two attached hydrogens (primary N) is 1. The van der Waals surface area contributed by atoms with Crippen LogP contribution in [0.1, 0.15) is 5.56 Å². The first kappa shape index (κ1) is 12.6. The molecule has 0 radical (unpaired) electrons. The largest absolute Gasteiger partial charge is 0.393 e. The molecule has 94 valence electrons. The molecule has 4 nitrogen and oxygen atoms in total. The lowest BCUT2D eigenvalue weighted by atomic mass is 10.1. The summed E-state index contributed by atoms with van der Waals surface area (Å²) in [5.41, 5.74) is 7.07. The molecule has 0 aliphatic rings. The molecule has 0 saturated heterocycles. The second kappa shape index (κ2) is 5.64. The Balaban J connectivity index is 1.92. The molecule has 0 spiro atoms. The molecule has 0 unspecified atom stereocenters. The van der Waals surface area contributed by atoms with Crippen LogP contribution in [0.4, 0.5) is 15.9 Å². The van der Waals surface area contributed by atoms with E-state index >= 15 is 0 Å². The van der Waals surface area contributed by atoms with Crippen LogP contribution in [0.2, 0.25) is 5.15 Å². The molecule has 3 N–H and O–H groups in total. The highest BCUT2D eigenvalue weighted by atomic mass is 35.5. The van der Waals surface area contributed by atoms with E-state index in [1.54, 1.807) is 12.1 Å². The van der Waals surface area contributed by atoms with E-state index in [1.165, 1.54) is 18.5 Å². The summed E-state index contributed by atoms with van der Waals surface area (Å²) < 4.78 is 12.7. The maximum Gasteiger partial charge on any atom is 0.157 e. The number of halogens is 2. The fourth-order valence-electron chi connectivity index (χ4n) is 1.49. The van der Waals surface area contributed by atoms with Crippen molar-refractivity contribution in [1.82, 2.24) is 9.97 Å². The molecule has 2 rings (SSSR count). The van der Waals surface area contributed by atoms with Crippen molar-refractivity contribution in [2.45, 2.75) is 6.42 Å². The summed E-state index contributed by atoms with van der Waals surface area (Å²) >= 11 is 5.77. The van der Waals surface area contributed by atoms with Crippen molar-refractivity contribution >= 4 is 23.1 Å². The van der Waals surface area contributed by atoms with Crippen LogP contribution in [0.25, 0.3) is 0 Å². The molecule has 0 aliphatic carbocycles. The van der Waals surface area contributed by atoms with Crippen molar-refractivity contribution in [3.8, 4) is 0 Å². The highest BCUT2D eigenvalue weighted by Gasteiger charge is 2.04. The first-order chi connectivity index (χ1) is 8.66. The summed E-state index contributed by atoms with van der Waals surface area (Å²) in [7, 11) is 0. The normalized spacial score (nSPS) is 10.3. The monoisotopic (exact) mass is 266 g/mol. The predicted molar refractivity (Wildman–Crippen MR) is 70.0 cm³/mol. The van der Waals surface area contributed by atoms with Crippen LogP contribution in [0.5, 0.6) is 0 Å². The quantitative estimate of drug-likeness (QED) is 0.835. The van der Waals surface area contributed by atoms with E-state index in [9.17, 15) is 4.39 Å². The highest BCUT2D eigenvalue weighted by Crippen LogP contribution is 2.21. The van der Waals surface area contributed by atoms with Crippen LogP contribution < -0.4 is 11.1 Å². The lowest BCUT2D eigenvalue weighted by Crippen LogP contribution is -2.09. The van der Waals surface area contributed by atoms with E-state index in [4.69, 9.17) is 17.3 Å². The van der Waals surface area contributed by atoms with Crippen LogP contribution in [-0.4, -0.2) is 16.5 Å². The lowest BCUT2D eigenvalue weighted by Gasteiger charge is -2.08. The zero-order chi connectivity index (χ0) is 13.0. The minimum atomic E-state index is -0.237. The third-order valence-electron chi connectivity index (χ3n) is 2.45. The van der Waals surface area contributed by atoms with Crippen molar-refractivity contribution in [1.29, 1.82) is 0 Å². The first-order valence-electron chi connectivity index (χ1n) is 5.41. The Bertz CT molecular complexity index is 530. The number of benzene rings is 1. The molecule has 2 aromatic rings. The van der Waals surface area contributed by atoms with Gasteiger partial charge in [-0.25, -0.2) is 14.4 Å². The second-order valence-corrected chi connectivity index (χ2v) is 4.09. The van der Waals surface area contributed by atoms with Crippen LogP contribution >= 0.6 is 11.6 Å². The minimum absolute atomic E-state index is 0.231. The van der Waals surface area contributed by atoms with Gasteiger partial charge < -0.3 is 11.1 Å². The zero-order valence-corrected chi connectivity index (χ0v) is 10.3. The van der Waals surface area contributed by atoms with Crippen molar-refractivity contribution in [3.63, 3.8) is 0 Å². The van der Waals surface area contributed by atoms with E-state index in [1.807, 2.05) is 0 Å². The predicted octanol–water partition coefficient (Wildman–Crippen LogP) is 2.51. The maximum absolute atomic E-state index is 12.7. The third-order valence-corrected chi connectivity index (χ3v) is 2.76. The lowest BCUT2D eigenvalue weighted by molar-refractivity contribution is 0.627. The number of nitrogens with one attached hydrogen (secondary N) is 1. The van der Waals surface area contributed by atoms with Gasteiger partial charge in [0.05, 0.1) is 0 Å². The Morgan fingerprint density at radius 2 is 1.94 bits per heavy atom. The molecular formula is C12H12ClFN4. The van der Waals surface area contributed by atoms with E-state index in [0.29, 0.717) is 18.1 Å². The van der Waals surface area contributed by atoms with Crippen molar-refractivity contribution in [2.75, 3.05) is 17.6 Å². The van der Waals surface area contributed by atoms with Crippen LogP contribution in [0.3, 0.4) is 0 Å². The molecule has 0 fully saturated rings. The molecular weight excluding hydrogens is 255 g/mol. The van der Waals surface area contributed by atoms with Gasteiger partial charge in [0.1, 0.15) is 17.8 Å². The molecule has 1 aromatic heterocycles. The Kier molecular flexibility index (Phi) is 3.94. The fraction of sp³-hybridized carbons (Fsp3) is 0.167. The number of hydrogen-bond donors (Lipinski definition) is 2. The number of anilines is 2. The summed E-state index contributed by atoms with van der Waals surface area (Å²) in [5, 5.41) is 3.29. The van der Waals surface area contributed by atoms with Crippen molar-refractivity contribution < 1.29 is 4.39 Å². The molecule has 0 amide bonds. The topological polar surface area (TPSA) is 63.8 Å². The summed E-state index contributed by atoms with van der Waals surface area (Å²) in [5.74, 6) is 0.274. The van der Waals surface area contributed by atoms with E-state index < -0.39 is 0 Å². The summed E-state index contributed by atoms with van der Waals surface area (Å²) in [4.78, 5) is 7.76. The van der Waals surface area contributed by atoms with Crippen LogP contribution in [-0.2, 0) is 6.42 Å². The minimum Gasteiger partial charge on any atom is -0.393 e. The van der Waals surface area contributed by atoms with Gasteiger partial charge >= 0.3 is 0 Å². The Labute approximate surface area is 109 Å². The molecule has 0 aliphatic heterocycles. The van der Waals surface area contributed by atoms with Crippen LogP contribution in [0, 0.1) is 5.82 Å². The van der Waals surface area contributed by atoms with E-state index in [2.05, 4.69) is 15.3 Å². The second-order valence-electron chi connectivity index (χ2n) is 3.73. The van der Waals surface area contributed by atoms with Gasteiger partial charge in [0.15, 0.2) is 11.0 Å². The molecule has 1 aromatic carbocycles. The number of nitrogen functional groups attached to an aromatic ring is 1. The summed E-state index contributed by atoms with van der Waals surface area (Å²) in [6, 6.07) is 6.36. The van der Waals surface area contributed by atoms with Gasteiger partial charge in [-0.2, -0.15) is 0 Å². The van der Waals surface area contributed by atoms with E-state index in [0.717, 1.165) is 12.0 Å². The molecule has 0 saturated carbocycles. The van der Waals surface area contributed by atoms with Gasteiger partial charge in [-0.3, -0.25) is 0 Å². The standard InChI is InChI=1S/C12H12ClFN4/c13-11-10(15)12(18-7-17-11)16-6-5-8-1-3-9(14)4-2-8/h1-4,7H,5-6,15H2,(H,16,17,18). The summed E-state index contributed by atoms with van der Waals surface area (Å²) in [6.07, 6.45) is 2.08. The van der Waals surface area contributed by atoms with Gasteiger partial charge in [-0.15, -0.1) is 0 Å².